The molecule has 1 heterocycles. The fourth-order valence-electron chi connectivity index (χ4n) is 3.30. The number of nitrogens with one attached hydrogen (secondary N) is 1. The number of para-hydroxylation sites is 1. The Kier molecular flexibility index (Phi) is 5.19. The summed E-state index contributed by atoms with van der Waals surface area (Å²) in [5.41, 5.74) is 1.50. The second-order valence-corrected chi connectivity index (χ2v) is 7.02. The van der Waals surface area contributed by atoms with Gasteiger partial charge in [-0.2, -0.15) is 0 Å². The highest BCUT2D eigenvalue weighted by atomic mass is 16.5. The highest BCUT2D eigenvalue weighted by Gasteiger charge is 2.49. The number of hydrogen-bond donors (Lipinski definition) is 2. The molecule has 0 aromatic heterocycles. The molecule has 0 unspecified atom stereocenters. The molecule has 142 valence electrons. The zero-order chi connectivity index (χ0) is 19.6. The van der Waals surface area contributed by atoms with Crippen molar-refractivity contribution in [3.8, 4) is 5.75 Å². The Bertz CT molecular complexity index is 832. The van der Waals surface area contributed by atoms with E-state index in [0.717, 1.165) is 16.0 Å². The van der Waals surface area contributed by atoms with E-state index in [1.165, 1.54) is 0 Å². The smallest absolute Gasteiger partial charge is 0.325 e. The molecule has 0 bridgehead atoms. The molecule has 1 fully saturated rings. The third-order valence-corrected chi connectivity index (χ3v) is 4.85. The van der Waals surface area contributed by atoms with Gasteiger partial charge in [-0.1, -0.05) is 48.5 Å². The first-order valence-electron chi connectivity index (χ1n) is 8.89. The van der Waals surface area contributed by atoms with Crippen LogP contribution in [0.1, 0.15) is 23.6 Å². The highest BCUT2D eigenvalue weighted by molar-refractivity contribution is 6.07. The van der Waals surface area contributed by atoms with Gasteiger partial charge in [0.05, 0.1) is 6.54 Å². The molecule has 2 atom stereocenters. The van der Waals surface area contributed by atoms with Crippen LogP contribution in [0.2, 0.25) is 0 Å². The second kappa shape index (κ2) is 7.40. The number of urea groups is 1. The number of aliphatic hydroxyl groups excluding tert-OH is 1. The number of amides is 3. The van der Waals surface area contributed by atoms with E-state index in [-0.39, 0.29) is 19.1 Å². The maximum Gasteiger partial charge on any atom is 0.325 e. The highest BCUT2D eigenvalue weighted by Crippen LogP contribution is 2.29. The molecule has 6 heteroatoms. The molecule has 1 saturated heterocycles. The SMILES string of the molecule is Cc1cccc(C)c1OC[C@@H](O)CN1C(=O)N[C@@](C)(c2ccccc2)C1=O. The van der Waals surface area contributed by atoms with Crippen molar-refractivity contribution >= 4 is 11.9 Å². The number of aryl methyl sites for hydroxylation is 2. The molecule has 2 N–H and O–H groups in total. The Labute approximate surface area is 158 Å². The van der Waals surface area contributed by atoms with Crippen molar-refractivity contribution in [3.05, 3.63) is 65.2 Å². The standard InChI is InChI=1S/C21H24N2O4/c1-14-8-7-9-15(2)18(14)27-13-17(24)12-23-19(25)21(3,22-20(23)26)16-10-5-4-6-11-16/h4-11,17,24H,12-13H2,1-3H3,(H,22,26)/t17-,21-/m0/s1. The molecule has 0 radical (unpaired) electrons. The predicted octanol–water partition coefficient (Wildman–Crippen LogP) is 2.51. The van der Waals surface area contributed by atoms with E-state index >= 15 is 0 Å². The number of ether oxygens (including phenoxy) is 1. The zero-order valence-corrected chi connectivity index (χ0v) is 15.7. The summed E-state index contributed by atoms with van der Waals surface area (Å²) in [7, 11) is 0. The third-order valence-electron chi connectivity index (χ3n) is 4.85. The predicted molar refractivity (Wildman–Crippen MR) is 101 cm³/mol. The third kappa shape index (κ3) is 3.66. The molecule has 1 aliphatic rings. The van der Waals surface area contributed by atoms with Crippen LogP contribution in [0.3, 0.4) is 0 Å². The Morgan fingerprint density at radius 1 is 1.07 bits per heavy atom. The number of carbonyl (C=O) groups is 2. The summed E-state index contributed by atoms with van der Waals surface area (Å²) in [5.74, 6) is 0.327. The van der Waals surface area contributed by atoms with E-state index in [4.69, 9.17) is 4.74 Å². The van der Waals surface area contributed by atoms with Crippen molar-refractivity contribution < 1.29 is 19.4 Å². The van der Waals surface area contributed by atoms with Crippen molar-refractivity contribution in [2.45, 2.75) is 32.4 Å². The summed E-state index contributed by atoms with van der Waals surface area (Å²) < 4.78 is 5.73. The van der Waals surface area contributed by atoms with Crippen molar-refractivity contribution in [2.75, 3.05) is 13.2 Å². The number of benzene rings is 2. The number of hydrogen-bond acceptors (Lipinski definition) is 4. The second-order valence-electron chi connectivity index (χ2n) is 7.02. The fourth-order valence-corrected chi connectivity index (χ4v) is 3.30. The van der Waals surface area contributed by atoms with Crippen LogP contribution in [0.25, 0.3) is 0 Å². The van der Waals surface area contributed by atoms with Crippen molar-refractivity contribution in [1.82, 2.24) is 10.2 Å². The Morgan fingerprint density at radius 3 is 2.33 bits per heavy atom. The Morgan fingerprint density at radius 2 is 1.70 bits per heavy atom. The summed E-state index contributed by atoms with van der Waals surface area (Å²) in [6.45, 7) is 5.39. The van der Waals surface area contributed by atoms with Gasteiger partial charge in [0.1, 0.15) is 24.0 Å². The quantitative estimate of drug-likeness (QED) is 0.768. The number of β-amino-alcohol motifs (C(OH)–C–C–N with tert-alkyl or cyclic N) is 1. The number of aliphatic hydroxyl groups is 1. The van der Waals surface area contributed by atoms with E-state index < -0.39 is 17.7 Å². The molecule has 0 spiro atoms. The van der Waals surface area contributed by atoms with Crippen LogP contribution in [0.15, 0.2) is 48.5 Å². The van der Waals surface area contributed by atoms with Gasteiger partial charge in [-0.15, -0.1) is 0 Å². The summed E-state index contributed by atoms with van der Waals surface area (Å²) in [6.07, 6.45) is -0.989. The van der Waals surface area contributed by atoms with Crippen LogP contribution in [-0.2, 0) is 10.3 Å². The monoisotopic (exact) mass is 368 g/mol. The first kappa shape index (κ1) is 18.9. The lowest BCUT2D eigenvalue weighted by molar-refractivity contribution is -0.132. The van der Waals surface area contributed by atoms with Gasteiger partial charge < -0.3 is 15.2 Å². The van der Waals surface area contributed by atoms with Crippen LogP contribution in [0.4, 0.5) is 4.79 Å². The van der Waals surface area contributed by atoms with E-state index in [2.05, 4.69) is 5.32 Å². The van der Waals surface area contributed by atoms with E-state index in [1.807, 2.05) is 50.2 Å². The molecule has 6 nitrogen and oxygen atoms in total. The summed E-state index contributed by atoms with van der Waals surface area (Å²) in [4.78, 5) is 26.2. The number of imide groups is 1. The van der Waals surface area contributed by atoms with Gasteiger partial charge in [-0.05, 0) is 37.5 Å². The van der Waals surface area contributed by atoms with E-state index in [9.17, 15) is 14.7 Å². The fraction of sp³-hybridized carbons (Fsp3) is 0.333. The van der Waals surface area contributed by atoms with Crippen LogP contribution in [0, 0.1) is 13.8 Å². The Balaban J connectivity index is 1.67. The Hall–Kier alpha value is -2.86. The molecule has 0 saturated carbocycles. The molecule has 1 aliphatic heterocycles. The summed E-state index contributed by atoms with van der Waals surface area (Å²) in [6, 6.07) is 14.3. The number of carbonyl (C=O) groups excluding carboxylic acids is 2. The van der Waals surface area contributed by atoms with Gasteiger partial charge in [0.15, 0.2) is 0 Å². The zero-order valence-electron chi connectivity index (χ0n) is 15.7. The summed E-state index contributed by atoms with van der Waals surface area (Å²) >= 11 is 0. The van der Waals surface area contributed by atoms with Crippen LogP contribution < -0.4 is 10.1 Å². The largest absolute Gasteiger partial charge is 0.490 e. The maximum atomic E-state index is 12.8. The van der Waals surface area contributed by atoms with Crippen LogP contribution >= 0.6 is 0 Å². The molecule has 27 heavy (non-hydrogen) atoms. The van der Waals surface area contributed by atoms with Crippen LogP contribution in [-0.4, -0.2) is 41.2 Å². The average molecular weight is 368 g/mol. The van der Waals surface area contributed by atoms with Crippen molar-refractivity contribution in [1.29, 1.82) is 0 Å². The molecule has 3 rings (SSSR count). The maximum absolute atomic E-state index is 12.8. The molecule has 0 aliphatic carbocycles. The minimum Gasteiger partial charge on any atom is -0.490 e. The van der Waals surface area contributed by atoms with Crippen molar-refractivity contribution in [3.63, 3.8) is 0 Å². The van der Waals surface area contributed by atoms with Gasteiger partial charge in [0.2, 0.25) is 0 Å². The average Bonchev–Trinajstić information content (AvgIpc) is 2.86. The molecule has 3 amide bonds. The lowest BCUT2D eigenvalue weighted by Gasteiger charge is -2.23. The normalized spacial score (nSPS) is 20.5. The van der Waals surface area contributed by atoms with Gasteiger partial charge in [0, 0.05) is 0 Å². The number of rotatable bonds is 6. The molecular weight excluding hydrogens is 344 g/mol. The first-order chi connectivity index (χ1) is 12.8. The van der Waals surface area contributed by atoms with Gasteiger partial charge in [-0.25, -0.2) is 4.79 Å². The van der Waals surface area contributed by atoms with E-state index in [1.54, 1.807) is 19.1 Å². The lowest BCUT2D eigenvalue weighted by Crippen LogP contribution is -2.42. The van der Waals surface area contributed by atoms with E-state index in [0.29, 0.717) is 11.3 Å². The first-order valence-corrected chi connectivity index (χ1v) is 8.89. The molecular formula is C21H24N2O4. The molecule has 2 aromatic carbocycles. The lowest BCUT2D eigenvalue weighted by atomic mass is 9.92. The minimum absolute atomic E-state index is 0.00912. The van der Waals surface area contributed by atoms with Crippen LogP contribution in [0.5, 0.6) is 5.75 Å². The number of nitrogens with zero attached hydrogens (tertiary/aromatic N) is 1. The summed E-state index contributed by atoms with van der Waals surface area (Å²) in [5, 5.41) is 13.1. The van der Waals surface area contributed by atoms with Gasteiger partial charge in [-0.3, -0.25) is 9.69 Å². The van der Waals surface area contributed by atoms with Gasteiger partial charge in [0.25, 0.3) is 5.91 Å². The topological polar surface area (TPSA) is 78.9 Å². The minimum atomic E-state index is -1.13. The van der Waals surface area contributed by atoms with Crippen molar-refractivity contribution in [2.24, 2.45) is 0 Å². The molecule has 2 aromatic rings. The van der Waals surface area contributed by atoms with Gasteiger partial charge >= 0.3 is 6.03 Å².